The molecule has 2 aromatic heterocycles. The van der Waals surface area contributed by atoms with E-state index >= 15 is 0 Å². The van der Waals surface area contributed by atoms with Crippen LogP contribution in [0.4, 0.5) is 22.2 Å². The number of amides is 2. The van der Waals surface area contributed by atoms with E-state index in [1.165, 1.54) is 0 Å². The molecule has 0 aliphatic carbocycles. The average Bonchev–Trinajstić information content (AvgIpc) is 3.03. The van der Waals surface area contributed by atoms with Crippen molar-refractivity contribution < 1.29 is 14.3 Å². The quantitative estimate of drug-likeness (QED) is 0.669. The first kappa shape index (κ1) is 21.7. The molecule has 33 heavy (non-hydrogen) atoms. The fourth-order valence-corrected chi connectivity index (χ4v) is 4.76. The van der Waals surface area contributed by atoms with Crippen molar-refractivity contribution in [3.05, 3.63) is 41.2 Å². The first-order valence-electron chi connectivity index (χ1n) is 11.0. The number of thioether (sulfide) groups is 1. The van der Waals surface area contributed by atoms with E-state index in [-0.39, 0.29) is 11.1 Å². The summed E-state index contributed by atoms with van der Waals surface area (Å²) < 4.78 is 5.49. The number of aromatic nitrogens is 3. The van der Waals surface area contributed by atoms with Gasteiger partial charge in [-0.2, -0.15) is 4.98 Å². The summed E-state index contributed by atoms with van der Waals surface area (Å²) in [5, 5.41) is 1.93. The number of nitrogens with zero attached hydrogens (tertiary/aromatic N) is 6. The smallest absolute Gasteiger partial charge is 0.290 e. The fourth-order valence-electron chi connectivity index (χ4n) is 4.10. The van der Waals surface area contributed by atoms with Crippen LogP contribution >= 0.6 is 11.8 Å². The SMILES string of the molecule is O=C1NC(=O)/C(=C/c2cc(N3CCOCC3)nc(N3CCCN(c4ccncc4)CC3)n2)S1. The minimum Gasteiger partial charge on any atom is -0.378 e. The maximum absolute atomic E-state index is 12.1. The molecule has 0 radical (unpaired) electrons. The Balaban J connectivity index is 1.42. The van der Waals surface area contributed by atoms with E-state index in [0.29, 0.717) is 29.8 Å². The van der Waals surface area contributed by atoms with E-state index in [4.69, 9.17) is 14.7 Å². The van der Waals surface area contributed by atoms with Crippen LogP contribution in [0, 0.1) is 0 Å². The molecular weight excluding hydrogens is 442 g/mol. The molecule has 10 nitrogen and oxygen atoms in total. The summed E-state index contributed by atoms with van der Waals surface area (Å²) in [4.78, 5) is 44.5. The first-order valence-corrected chi connectivity index (χ1v) is 11.8. The van der Waals surface area contributed by atoms with Gasteiger partial charge in [0.1, 0.15) is 5.82 Å². The van der Waals surface area contributed by atoms with Crippen LogP contribution in [-0.2, 0) is 9.53 Å². The fraction of sp³-hybridized carbons (Fsp3) is 0.409. The molecule has 3 saturated heterocycles. The first-order chi connectivity index (χ1) is 16.2. The van der Waals surface area contributed by atoms with Gasteiger partial charge in [0.25, 0.3) is 11.1 Å². The topological polar surface area (TPSA) is 104 Å². The average molecular weight is 468 g/mol. The summed E-state index contributed by atoms with van der Waals surface area (Å²) in [5.74, 6) is 1.05. The Morgan fingerprint density at radius 3 is 2.45 bits per heavy atom. The molecule has 0 unspecified atom stereocenters. The molecule has 3 aliphatic rings. The number of ether oxygens (including phenoxy) is 1. The van der Waals surface area contributed by atoms with Crippen LogP contribution in [-0.4, -0.2) is 78.6 Å². The second-order valence-corrected chi connectivity index (χ2v) is 8.95. The van der Waals surface area contributed by atoms with E-state index in [1.807, 2.05) is 30.6 Å². The number of hydrogen-bond donors (Lipinski definition) is 1. The third kappa shape index (κ3) is 5.09. The minimum absolute atomic E-state index is 0.345. The number of carbonyl (C=O) groups excluding carboxylic acids is 2. The summed E-state index contributed by atoms with van der Waals surface area (Å²) >= 11 is 0.895. The number of nitrogens with one attached hydrogen (secondary N) is 1. The lowest BCUT2D eigenvalue weighted by molar-refractivity contribution is -0.115. The van der Waals surface area contributed by atoms with Crippen LogP contribution in [0.15, 0.2) is 35.5 Å². The Morgan fingerprint density at radius 1 is 0.939 bits per heavy atom. The standard InChI is InChI=1S/C22H25N7O3S/c30-20-18(33-22(31)26-20)14-16-15-19(28-10-12-32-13-11-28)25-21(24-16)29-7-1-6-27(8-9-29)17-2-4-23-5-3-17/h2-5,14-15H,1,6-13H2,(H,26,30,31)/b18-14-. The van der Waals surface area contributed by atoms with Gasteiger partial charge in [-0.3, -0.25) is 19.9 Å². The molecule has 0 atom stereocenters. The van der Waals surface area contributed by atoms with Gasteiger partial charge < -0.3 is 19.4 Å². The molecular formula is C22H25N7O3S. The third-order valence-electron chi connectivity index (χ3n) is 5.78. The second kappa shape index (κ2) is 9.75. The van der Waals surface area contributed by atoms with Crippen molar-refractivity contribution >= 4 is 46.4 Å². The molecule has 1 N–H and O–H groups in total. The number of hydrogen-bond acceptors (Lipinski definition) is 10. The van der Waals surface area contributed by atoms with Crippen molar-refractivity contribution in [1.29, 1.82) is 0 Å². The molecule has 0 aromatic carbocycles. The lowest BCUT2D eigenvalue weighted by atomic mass is 10.3. The van der Waals surface area contributed by atoms with Gasteiger partial charge in [0.15, 0.2) is 0 Å². The van der Waals surface area contributed by atoms with Crippen molar-refractivity contribution in [2.45, 2.75) is 6.42 Å². The largest absolute Gasteiger partial charge is 0.378 e. The summed E-state index contributed by atoms with van der Waals surface area (Å²) in [7, 11) is 0. The highest BCUT2D eigenvalue weighted by molar-refractivity contribution is 8.18. The van der Waals surface area contributed by atoms with Crippen molar-refractivity contribution in [3.8, 4) is 0 Å². The maximum Gasteiger partial charge on any atom is 0.290 e. The highest BCUT2D eigenvalue weighted by atomic mass is 32.2. The van der Waals surface area contributed by atoms with Crippen LogP contribution in [0.5, 0.6) is 0 Å². The van der Waals surface area contributed by atoms with Gasteiger partial charge in [-0.25, -0.2) is 4.98 Å². The molecule has 11 heteroatoms. The summed E-state index contributed by atoms with van der Waals surface area (Å²) in [6.07, 6.45) is 6.26. The van der Waals surface area contributed by atoms with Crippen molar-refractivity contribution in [2.75, 3.05) is 67.2 Å². The number of anilines is 3. The van der Waals surface area contributed by atoms with Crippen molar-refractivity contribution in [3.63, 3.8) is 0 Å². The zero-order chi connectivity index (χ0) is 22.6. The van der Waals surface area contributed by atoms with E-state index in [9.17, 15) is 9.59 Å². The lowest BCUT2D eigenvalue weighted by Crippen LogP contribution is -2.37. The van der Waals surface area contributed by atoms with Gasteiger partial charge >= 0.3 is 0 Å². The number of pyridine rings is 1. The Kier molecular flexibility index (Phi) is 6.40. The maximum atomic E-state index is 12.1. The molecule has 5 rings (SSSR count). The van der Waals surface area contributed by atoms with Gasteiger partial charge in [0, 0.05) is 63.4 Å². The van der Waals surface area contributed by atoms with Crippen LogP contribution in [0.1, 0.15) is 12.1 Å². The zero-order valence-corrected chi connectivity index (χ0v) is 19.0. The van der Waals surface area contributed by atoms with Crippen LogP contribution in [0.25, 0.3) is 6.08 Å². The van der Waals surface area contributed by atoms with E-state index < -0.39 is 0 Å². The Hall–Kier alpha value is -3.18. The highest BCUT2D eigenvalue weighted by Gasteiger charge is 2.26. The molecule has 0 saturated carbocycles. The molecule has 2 aromatic rings. The molecule has 3 fully saturated rings. The van der Waals surface area contributed by atoms with E-state index in [1.54, 1.807) is 6.08 Å². The minimum atomic E-state index is -0.388. The van der Waals surface area contributed by atoms with Crippen molar-refractivity contribution in [1.82, 2.24) is 20.3 Å². The summed E-state index contributed by atoms with van der Waals surface area (Å²) in [5.41, 5.74) is 1.78. The second-order valence-electron chi connectivity index (χ2n) is 7.94. The molecule has 5 heterocycles. The summed E-state index contributed by atoms with van der Waals surface area (Å²) in [6.45, 7) is 6.18. The van der Waals surface area contributed by atoms with Crippen LogP contribution < -0.4 is 20.0 Å². The molecule has 2 amide bonds. The zero-order valence-electron chi connectivity index (χ0n) is 18.1. The normalized spacial score (nSPS) is 20.8. The number of imide groups is 1. The Morgan fingerprint density at radius 2 is 1.70 bits per heavy atom. The molecule has 172 valence electrons. The lowest BCUT2D eigenvalue weighted by Gasteiger charge is -2.29. The molecule has 3 aliphatic heterocycles. The number of carbonyl (C=O) groups is 2. The van der Waals surface area contributed by atoms with Gasteiger partial charge in [0.05, 0.1) is 23.8 Å². The summed E-state index contributed by atoms with van der Waals surface area (Å²) in [6, 6.07) is 5.93. The third-order valence-corrected chi connectivity index (χ3v) is 6.59. The number of rotatable bonds is 4. The monoisotopic (exact) mass is 467 g/mol. The van der Waals surface area contributed by atoms with Gasteiger partial charge in [-0.05, 0) is 36.4 Å². The van der Waals surface area contributed by atoms with Crippen LogP contribution in [0.3, 0.4) is 0 Å². The van der Waals surface area contributed by atoms with E-state index in [0.717, 1.165) is 69.0 Å². The Labute approximate surface area is 196 Å². The molecule has 0 bridgehead atoms. The predicted molar refractivity (Wildman–Crippen MR) is 127 cm³/mol. The van der Waals surface area contributed by atoms with Gasteiger partial charge in [-0.1, -0.05) is 0 Å². The van der Waals surface area contributed by atoms with E-state index in [2.05, 4.69) is 25.0 Å². The van der Waals surface area contributed by atoms with Crippen molar-refractivity contribution in [2.24, 2.45) is 0 Å². The van der Waals surface area contributed by atoms with Gasteiger partial charge in [0.2, 0.25) is 5.95 Å². The predicted octanol–water partition coefficient (Wildman–Crippen LogP) is 1.75. The highest BCUT2D eigenvalue weighted by Crippen LogP contribution is 2.27. The van der Waals surface area contributed by atoms with Crippen LogP contribution in [0.2, 0.25) is 0 Å². The molecule has 0 spiro atoms. The van der Waals surface area contributed by atoms with Gasteiger partial charge in [-0.15, -0.1) is 0 Å². The Bertz CT molecular complexity index is 1060. The number of morpholine rings is 1.